The molecule has 0 fully saturated rings. The van der Waals surface area contributed by atoms with Gasteiger partial charge in [0.25, 0.3) is 0 Å². The van der Waals surface area contributed by atoms with Crippen LogP contribution < -0.4 is 5.73 Å². The average molecular weight is 138 g/mol. The number of hydrogen-bond acceptors (Lipinski definition) is 1. The summed E-state index contributed by atoms with van der Waals surface area (Å²) in [6, 6.07) is 0. The topological polar surface area (TPSA) is 26.0 Å². The first kappa shape index (κ1) is 7.47. The van der Waals surface area contributed by atoms with Gasteiger partial charge in [-0.25, -0.2) is 0 Å². The van der Waals surface area contributed by atoms with E-state index in [1.807, 2.05) is 20.0 Å². The molecule has 44 valence electrons. The van der Waals surface area contributed by atoms with Crippen molar-refractivity contribution in [1.29, 1.82) is 0 Å². The summed E-state index contributed by atoms with van der Waals surface area (Å²) < 4.78 is 0. The summed E-state index contributed by atoms with van der Waals surface area (Å²) in [5.74, 6) is 0. The van der Waals surface area contributed by atoms with Gasteiger partial charge in [-0.2, -0.15) is 11.1 Å². The van der Waals surface area contributed by atoms with Gasteiger partial charge in [-0.3, -0.25) is 0 Å². The van der Waals surface area contributed by atoms with Gasteiger partial charge in [-0.05, 0) is 0 Å². The van der Waals surface area contributed by atoms with Gasteiger partial charge >= 0.3 is 0 Å². The fourth-order valence-corrected chi connectivity index (χ4v) is 0. The summed E-state index contributed by atoms with van der Waals surface area (Å²) in [6.07, 6.45) is 0. The fourth-order valence-electron chi connectivity index (χ4n) is 0. The molecule has 0 amide bonds. The van der Waals surface area contributed by atoms with Crippen molar-refractivity contribution >= 4 is 18.5 Å². The van der Waals surface area contributed by atoms with E-state index in [1.165, 1.54) is 0 Å². The van der Waals surface area contributed by atoms with Crippen molar-refractivity contribution in [3.05, 3.63) is 0 Å². The third-order valence-electron chi connectivity index (χ3n) is 1.08. The van der Waals surface area contributed by atoms with Crippen LogP contribution in [0.4, 0.5) is 0 Å². The fraction of sp³-hybridized carbons (Fsp3) is 1.00. The first-order valence-corrected chi connectivity index (χ1v) is 6.48. The highest BCUT2D eigenvalue weighted by Crippen LogP contribution is 2.09. The Balaban J connectivity index is 3.54. The lowest BCUT2D eigenvalue weighted by Crippen LogP contribution is -2.40. The minimum Gasteiger partial charge on any atom is -0.329 e. The van der Waals surface area contributed by atoms with Gasteiger partial charge in [-0.1, -0.05) is 20.0 Å². The number of nitrogens with two attached hydrogens (primary N) is 1. The maximum Gasteiger partial charge on any atom is 0.166 e. The van der Waals surface area contributed by atoms with Gasteiger partial charge in [0.05, 0.1) is 0 Å². The molecule has 0 rings (SSSR count). The second-order valence-electron chi connectivity index (χ2n) is 2.35. The molecular formula is C4H12ClNSi. The Kier molecular flexibility index (Phi) is 2.30. The summed E-state index contributed by atoms with van der Waals surface area (Å²) in [4.78, 5) is 0. The molecule has 0 bridgehead atoms. The first-order chi connectivity index (χ1) is 2.94. The van der Waals surface area contributed by atoms with Crippen molar-refractivity contribution in [1.82, 2.24) is 0 Å². The van der Waals surface area contributed by atoms with Crippen LogP contribution in [-0.2, 0) is 0 Å². The Morgan fingerprint density at radius 1 is 1.57 bits per heavy atom. The zero-order chi connectivity index (χ0) is 6.08. The molecule has 1 unspecified atom stereocenters. The van der Waals surface area contributed by atoms with Gasteiger partial charge in [0, 0.05) is 5.67 Å². The van der Waals surface area contributed by atoms with E-state index in [1.54, 1.807) is 0 Å². The van der Waals surface area contributed by atoms with Gasteiger partial charge < -0.3 is 5.73 Å². The Hall–Kier alpha value is 0.467. The van der Waals surface area contributed by atoms with Crippen molar-refractivity contribution in [2.24, 2.45) is 5.73 Å². The second kappa shape index (κ2) is 2.16. The second-order valence-corrected chi connectivity index (χ2v) is 9.32. The minimum atomic E-state index is -1.48. The van der Waals surface area contributed by atoms with Crippen LogP contribution in [-0.4, -0.2) is 13.0 Å². The molecule has 0 aromatic carbocycles. The molecule has 7 heavy (non-hydrogen) atoms. The molecule has 1 nitrogen and oxygen atoms in total. The lowest BCUT2D eigenvalue weighted by molar-refractivity contribution is 0.990. The van der Waals surface area contributed by atoms with Crippen LogP contribution in [0.3, 0.4) is 0 Å². The minimum absolute atomic E-state index is 0.203. The van der Waals surface area contributed by atoms with Crippen LogP contribution in [0.1, 0.15) is 6.92 Å². The van der Waals surface area contributed by atoms with Crippen LogP contribution in [0.25, 0.3) is 0 Å². The Labute approximate surface area is 50.6 Å². The quantitative estimate of drug-likeness (QED) is 0.428. The van der Waals surface area contributed by atoms with Gasteiger partial charge in [0.2, 0.25) is 0 Å². The highest BCUT2D eigenvalue weighted by Gasteiger charge is 2.21. The summed E-state index contributed by atoms with van der Waals surface area (Å²) in [6.45, 7) is 6.04. The van der Waals surface area contributed by atoms with E-state index in [-0.39, 0.29) is 5.67 Å². The van der Waals surface area contributed by atoms with Gasteiger partial charge in [-0.15, -0.1) is 0 Å². The van der Waals surface area contributed by atoms with Crippen molar-refractivity contribution in [3.8, 4) is 0 Å². The summed E-state index contributed by atoms with van der Waals surface area (Å²) in [7, 11) is -1.48. The highest BCUT2D eigenvalue weighted by molar-refractivity contribution is 7.19. The molecule has 0 aliphatic carbocycles. The SMILES string of the molecule is CC(N)[Si](C)(C)Cl. The number of hydrogen-bond donors (Lipinski definition) is 1. The van der Waals surface area contributed by atoms with Gasteiger partial charge in [0.15, 0.2) is 7.38 Å². The van der Waals surface area contributed by atoms with E-state index in [9.17, 15) is 0 Å². The van der Waals surface area contributed by atoms with Crippen molar-refractivity contribution in [2.45, 2.75) is 25.7 Å². The normalized spacial score (nSPS) is 16.7. The third kappa shape index (κ3) is 3.09. The third-order valence-corrected chi connectivity index (χ3v) is 4.28. The largest absolute Gasteiger partial charge is 0.329 e. The molecule has 0 spiro atoms. The van der Waals surface area contributed by atoms with Crippen LogP contribution in [0.2, 0.25) is 13.1 Å². The number of rotatable bonds is 1. The summed E-state index contributed by atoms with van der Waals surface area (Å²) in [5, 5.41) is 0. The molecule has 0 saturated heterocycles. The van der Waals surface area contributed by atoms with E-state index in [2.05, 4.69) is 0 Å². The van der Waals surface area contributed by atoms with E-state index < -0.39 is 7.38 Å². The Morgan fingerprint density at radius 3 is 1.71 bits per heavy atom. The first-order valence-electron chi connectivity index (χ1n) is 2.39. The zero-order valence-corrected chi connectivity index (χ0v) is 6.79. The monoisotopic (exact) mass is 137 g/mol. The average Bonchev–Trinajstić information content (AvgIpc) is 1.31. The van der Waals surface area contributed by atoms with Crippen LogP contribution >= 0.6 is 11.1 Å². The Morgan fingerprint density at radius 2 is 1.71 bits per heavy atom. The number of halogens is 1. The molecule has 0 radical (unpaired) electrons. The van der Waals surface area contributed by atoms with Crippen molar-refractivity contribution in [2.75, 3.05) is 0 Å². The van der Waals surface area contributed by atoms with Gasteiger partial charge in [0.1, 0.15) is 0 Å². The summed E-state index contributed by atoms with van der Waals surface area (Å²) >= 11 is 5.88. The molecule has 0 aliphatic heterocycles. The molecule has 2 N–H and O–H groups in total. The standard InChI is InChI=1S/C4H12ClNSi/c1-4(6)7(2,3)5/h4H,6H2,1-3H3. The lowest BCUT2D eigenvalue weighted by atomic mass is 10.8. The molecule has 0 aromatic rings. The maximum absolute atomic E-state index is 5.88. The van der Waals surface area contributed by atoms with Crippen molar-refractivity contribution < 1.29 is 0 Å². The van der Waals surface area contributed by atoms with E-state index in [0.29, 0.717) is 0 Å². The molecule has 0 saturated carbocycles. The van der Waals surface area contributed by atoms with Crippen molar-refractivity contribution in [3.63, 3.8) is 0 Å². The molecule has 0 aliphatic rings. The summed E-state index contributed by atoms with van der Waals surface area (Å²) in [5.41, 5.74) is 5.70. The zero-order valence-electron chi connectivity index (χ0n) is 5.03. The van der Waals surface area contributed by atoms with E-state index in [0.717, 1.165) is 0 Å². The molecule has 0 aromatic heterocycles. The smallest absolute Gasteiger partial charge is 0.166 e. The molecule has 1 atom stereocenters. The predicted molar refractivity (Wildman–Crippen MR) is 37.0 cm³/mol. The molecule has 0 heterocycles. The predicted octanol–water partition coefficient (Wildman–Crippen LogP) is 1.32. The van der Waals surface area contributed by atoms with E-state index in [4.69, 9.17) is 16.8 Å². The Bertz CT molecular complexity index is 57.2. The maximum atomic E-state index is 5.88. The lowest BCUT2D eigenvalue weighted by Gasteiger charge is -2.16. The van der Waals surface area contributed by atoms with E-state index >= 15 is 0 Å². The molecule has 3 heteroatoms. The van der Waals surface area contributed by atoms with Crippen LogP contribution in [0.5, 0.6) is 0 Å². The highest BCUT2D eigenvalue weighted by atomic mass is 35.6. The molecular weight excluding hydrogens is 126 g/mol. The van der Waals surface area contributed by atoms with Crippen LogP contribution in [0.15, 0.2) is 0 Å². The van der Waals surface area contributed by atoms with Crippen LogP contribution in [0, 0.1) is 0 Å².